The van der Waals surface area contributed by atoms with Crippen molar-refractivity contribution in [3.63, 3.8) is 0 Å². The fourth-order valence-electron chi connectivity index (χ4n) is 4.48. The summed E-state index contributed by atoms with van der Waals surface area (Å²) in [5, 5.41) is 11.8. The van der Waals surface area contributed by atoms with E-state index in [1.54, 1.807) is 48.5 Å². The lowest BCUT2D eigenvalue weighted by molar-refractivity contribution is -0.132. The molecular weight excluding hydrogens is 522 g/mol. The zero-order chi connectivity index (χ0) is 28.3. The Hall–Kier alpha value is -4.17. The van der Waals surface area contributed by atoms with Gasteiger partial charge in [0.05, 0.1) is 49.1 Å². The minimum absolute atomic E-state index is 0.0299. The van der Waals surface area contributed by atoms with Crippen molar-refractivity contribution in [3.8, 4) is 23.0 Å². The number of Topliss-reactive ketones (excluding diaryl/α,β-unsaturated/α-hetero) is 1. The van der Waals surface area contributed by atoms with Gasteiger partial charge in [0.1, 0.15) is 28.8 Å². The van der Waals surface area contributed by atoms with Crippen LogP contribution in [-0.2, 0) is 9.59 Å². The molecule has 1 fully saturated rings. The number of methoxy groups -OCH3 is 2. The molecule has 1 amide bonds. The van der Waals surface area contributed by atoms with Crippen LogP contribution in [0.15, 0.2) is 66.2 Å². The Labute approximate surface area is 232 Å². The normalized spacial score (nSPS) is 16.5. The van der Waals surface area contributed by atoms with Crippen molar-refractivity contribution in [3.05, 3.63) is 82.4 Å². The highest BCUT2D eigenvalue weighted by Gasteiger charge is 2.47. The van der Waals surface area contributed by atoms with Crippen LogP contribution in [0, 0.1) is 0 Å². The predicted molar refractivity (Wildman–Crippen MR) is 149 cm³/mol. The van der Waals surface area contributed by atoms with Crippen molar-refractivity contribution >= 4 is 34.7 Å². The Bertz CT molecular complexity index is 1400. The van der Waals surface area contributed by atoms with Crippen LogP contribution < -0.4 is 23.8 Å². The first-order valence-corrected chi connectivity index (χ1v) is 12.8. The van der Waals surface area contributed by atoms with Crippen LogP contribution in [0.25, 0.3) is 5.76 Å². The van der Waals surface area contributed by atoms with Gasteiger partial charge in [-0.05, 0) is 68.8 Å². The lowest BCUT2D eigenvalue weighted by Crippen LogP contribution is -2.29. The number of carbonyl (C=O) groups is 2. The Morgan fingerprint density at radius 3 is 2.13 bits per heavy atom. The van der Waals surface area contributed by atoms with E-state index in [-0.39, 0.29) is 33.8 Å². The number of rotatable bonds is 9. The molecule has 1 saturated heterocycles. The number of nitrogens with zero attached hydrogens (tertiary/aromatic N) is 1. The van der Waals surface area contributed by atoms with Gasteiger partial charge in [0, 0.05) is 11.8 Å². The molecule has 0 saturated carbocycles. The average Bonchev–Trinajstić information content (AvgIpc) is 3.19. The highest BCUT2D eigenvalue weighted by atomic mass is 35.5. The summed E-state index contributed by atoms with van der Waals surface area (Å²) in [7, 11) is 2.85. The van der Waals surface area contributed by atoms with Gasteiger partial charge in [-0.2, -0.15) is 0 Å². The second-order valence-corrected chi connectivity index (χ2v) is 9.43. The topological polar surface area (TPSA) is 94.5 Å². The van der Waals surface area contributed by atoms with E-state index < -0.39 is 23.5 Å². The number of halogens is 1. The molecule has 39 heavy (non-hydrogen) atoms. The van der Waals surface area contributed by atoms with Gasteiger partial charge >= 0.3 is 0 Å². The SMILES string of the molecule is CCOc1ccc(N2C(=O)C(=O)/C(=C(/O)c3cc(OC)c(Cl)cc3OC)C2c2ccc(OC(C)C)cc2)cc1. The van der Waals surface area contributed by atoms with Gasteiger partial charge in [-0.1, -0.05) is 23.7 Å². The van der Waals surface area contributed by atoms with E-state index >= 15 is 0 Å². The first kappa shape index (κ1) is 27.9. The molecule has 0 aromatic heterocycles. The van der Waals surface area contributed by atoms with Gasteiger partial charge in [0.25, 0.3) is 11.7 Å². The Morgan fingerprint density at radius 1 is 0.949 bits per heavy atom. The third-order valence-corrected chi connectivity index (χ3v) is 6.46. The maximum Gasteiger partial charge on any atom is 0.300 e. The first-order valence-electron chi connectivity index (χ1n) is 12.4. The Kier molecular flexibility index (Phi) is 8.35. The van der Waals surface area contributed by atoms with Crippen LogP contribution in [0.4, 0.5) is 5.69 Å². The lowest BCUT2D eigenvalue weighted by atomic mass is 9.94. The minimum Gasteiger partial charge on any atom is -0.507 e. The molecule has 4 rings (SSSR count). The number of aliphatic hydroxyl groups excluding tert-OH is 1. The van der Waals surface area contributed by atoms with Gasteiger partial charge in [-0.15, -0.1) is 0 Å². The maximum absolute atomic E-state index is 13.5. The number of aliphatic hydroxyl groups is 1. The van der Waals surface area contributed by atoms with E-state index in [4.69, 9.17) is 30.5 Å². The molecule has 3 aromatic carbocycles. The number of benzene rings is 3. The number of anilines is 1. The van der Waals surface area contributed by atoms with Gasteiger partial charge < -0.3 is 24.1 Å². The summed E-state index contributed by atoms with van der Waals surface area (Å²) in [6, 6.07) is 15.9. The molecule has 8 nitrogen and oxygen atoms in total. The van der Waals surface area contributed by atoms with Crippen LogP contribution >= 0.6 is 11.6 Å². The van der Waals surface area contributed by atoms with E-state index in [2.05, 4.69) is 0 Å². The van der Waals surface area contributed by atoms with Crippen LogP contribution in [0.5, 0.6) is 23.0 Å². The van der Waals surface area contributed by atoms with Crippen molar-refractivity contribution in [1.82, 2.24) is 0 Å². The molecule has 9 heteroatoms. The second kappa shape index (κ2) is 11.7. The first-order chi connectivity index (χ1) is 18.7. The van der Waals surface area contributed by atoms with Gasteiger partial charge in [-0.25, -0.2) is 0 Å². The molecule has 0 radical (unpaired) electrons. The molecule has 1 atom stereocenters. The van der Waals surface area contributed by atoms with Crippen molar-refractivity contribution in [2.45, 2.75) is 32.9 Å². The largest absolute Gasteiger partial charge is 0.507 e. The van der Waals surface area contributed by atoms with Crippen molar-refractivity contribution in [2.24, 2.45) is 0 Å². The molecule has 0 spiro atoms. The van der Waals surface area contributed by atoms with E-state index in [1.807, 2.05) is 20.8 Å². The molecule has 3 aromatic rings. The number of ketones is 1. The highest BCUT2D eigenvalue weighted by Crippen LogP contribution is 2.45. The van der Waals surface area contributed by atoms with Crippen LogP contribution in [0.1, 0.15) is 37.9 Å². The predicted octanol–water partition coefficient (Wildman–Crippen LogP) is 6.17. The van der Waals surface area contributed by atoms with E-state index in [0.29, 0.717) is 29.4 Å². The second-order valence-electron chi connectivity index (χ2n) is 9.02. The average molecular weight is 552 g/mol. The van der Waals surface area contributed by atoms with Gasteiger partial charge in [-0.3, -0.25) is 14.5 Å². The number of carbonyl (C=O) groups excluding carboxylic acids is 2. The number of hydrogen-bond acceptors (Lipinski definition) is 7. The third kappa shape index (κ3) is 5.52. The van der Waals surface area contributed by atoms with Gasteiger partial charge in [0.2, 0.25) is 0 Å². The highest BCUT2D eigenvalue weighted by molar-refractivity contribution is 6.51. The molecule has 1 aliphatic rings. The summed E-state index contributed by atoms with van der Waals surface area (Å²) in [4.78, 5) is 28.4. The third-order valence-electron chi connectivity index (χ3n) is 6.17. The molecule has 0 bridgehead atoms. The van der Waals surface area contributed by atoms with Crippen LogP contribution in [-0.4, -0.2) is 43.7 Å². The molecule has 1 aliphatic heterocycles. The summed E-state index contributed by atoms with van der Waals surface area (Å²) in [5.41, 5.74) is 1.12. The zero-order valence-corrected chi connectivity index (χ0v) is 23.1. The van der Waals surface area contributed by atoms with E-state index in [0.717, 1.165) is 0 Å². The summed E-state index contributed by atoms with van der Waals surface area (Å²) in [5.74, 6) is -0.297. The van der Waals surface area contributed by atoms with Crippen LogP contribution in [0.2, 0.25) is 5.02 Å². The van der Waals surface area contributed by atoms with Crippen molar-refractivity contribution in [2.75, 3.05) is 25.7 Å². The van der Waals surface area contributed by atoms with Crippen molar-refractivity contribution < 1.29 is 33.6 Å². The maximum atomic E-state index is 13.5. The van der Waals surface area contributed by atoms with E-state index in [9.17, 15) is 14.7 Å². The molecule has 1 N–H and O–H groups in total. The number of hydrogen-bond donors (Lipinski definition) is 1. The van der Waals surface area contributed by atoms with E-state index in [1.165, 1.54) is 31.3 Å². The molecule has 0 aliphatic carbocycles. The molecular formula is C30H30ClNO7. The lowest BCUT2D eigenvalue weighted by Gasteiger charge is -2.26. The summed E-state index contributed by atoms with van der Waals surface area (Å²) in [6.45, 7) is 6.20. The van der Waals surface area contributed by atoms with Crippen molar-refractivity contribution in [1.29, 1.82) is 0 Å². The van der Waals surface area contributed by atoms with Gasteiger partial charge in [0.15, 0.2) is 0 Å². The fraction of sp³-hybridized carbons (Fsp3) is 0.267. The Balaban J connectivity index is 1.92. The Morgan fingerprint density at radius 2 is 1.56 bits per heavy atom. The fourth-order valence-corrected chi connectivity index (χ4v) is 4.71. The van der Waals surface area contributed by atoms with Crippen LogP contribution in [0.3, 0.4) is 0 Å². The smallest absolute Gasteiger partial charge is 0.300 e. The summed E-state index contributed by atoms with van der Waals surface area (Å²) < 4.78 is 22.0. The quantitative estimate of drug-likeness (QED) is 0.193. The molecule has 204 valence electrons. The molecule has 1 unspecified atom stereocenters. The number of amides is 1. The summed E-state index contributed by atoms with van der Waals surface area (Å²) in [6.07, 6.45) is -0.0299. The molecule has 1 heterocycles. The number of ether oxygens (including phenoxy) is 4. The zero-order valence-electron chi connectivity index (χ0n) is 22.4. The monoisotopic (exact) mass is 551 g/mol. The summed E-state index contributed by atoms with van der Waals surface area (Å²) >= 11 is 6.26. The standard InChI is InChI=1S/C30H30ClNO7/c1-6-38-20-13-9-19(10-14-20)32-27(18-7-11-21(12-8-18)39-17(2)3)26(29(34)30(32)35)28(33)22-15-25(37-5)23(31)16-24(22)36-4/h7-17,27,33H,6H2,1-5H3/b28-26+. The minimum atomic E-state index is -0.942.